The molecule has 2 atom stereocenters. The van der Waals surface area contributed by atoms with E-state index in [1.807, 2.05) is 35.2 Å². The molecule has 3 rings (SSSR count). The summed E-state index contributed by atoms with van der Waals surface area (Å²) in [4.78, 5) is 82.0. The van der Waals surface area contributed by atoms with E-state index in [0.29, 0.717) is 13.0 Å². The fourth-order valence-corrected chi connectivity index (χ4v) is 4.72. The number of aromatic nitrogens is 2. The van der Waals surface area contributed by atoms with Crippen molar-refractivity contribution in [2.75, 3.05) is 19.6 Å². The second-order valence-electron chi connectivity index (χ2n) is 10.4. The number of unbranched alkanes of at least 4 members (excludes halogenated alkanes) is 1. The molecule has 15 heteroatoms. The molecule has 0 bridgehead atoms. The first-order valence-electron chi connectivity index (χ1n) is 14.8. The summed E-state index contributed by atoms with van der Waals surface area (Å²) in [5.41, 5.74) is 2.72. The first-order chi connectivity index (χ1) is 22.5. The number of aryl methyl sites for hydroxylation is 1. The average Bonchev–Trinajstić information content (AvgIpc) is 3.06. The quantitative estimate of drug-likeness (QED) is 0.0463. The molecule has 3 aromatic rings. The SMILES string of the molecule is C=CC(=O)NC(NC(=O)CCN(CCCCc1ccnc2c1ccc1cccnc12)CCC(=O)NC(NC(=O)C=C)C(=O)O)C(=O)O. The van der Waals surface area contributed by atoms with E-state index in [-0.39, 0.29) is 25.9 Å². The third-order valence-corrected chi connectivity index (χ3v) is 7.10. The minimum atomic E-state index is -1.66. The zero-order valence-electron chi connectivity index (χ0n) is 25.6. The van der Waals surface area contributed by atoms with Crippen molar-refractivity contribution < 1.29 is 39.0 Å². The molecule has 47 heavy (non-hydrogen) atoms. The summed E-state index contributed by atoms with van der Waals surface area (Å²) in [6.07, 6.45) is 3.73. The van der Waals surface area contributed by atoms with E-state index in [4.69, 9.17) is 0 Å². The number of carboxylic acids is 2. The summed E-state index contributed by atoms with van der Waals surface area (Å²) in [7, 11) is 0. The van der Waals surface area contributed by atoms with E-state index >= 15 is 0 Å². The van der Waals surface area contributed by atoms with E-state index in [9.17, 15) is 39.0 Å². The summed E-state index contributed by atoms with van der Waals surface area (Å²) < 4.78 is 0. The van der Waals surface area contributed by atoms with Crippen LogP contribution in [0.3, 0.4) is 0 Å². The number of hydrogen-bond donors (Lipinski definition) is 6. The zero-order valence-corrected chi connectivity index (χ0v) is 25.6. The van der Waals surface area contributed by atoms with Crippen LogP contribution >= 0.6 is 0 Å². The van der Waals surface area contributed by atoms with Crippen LogP contribution in [-0.4, -0.2) is 92.6 Å². The lowest BCUT2D eigenvalue weighted by atomic mass is 10.0. The van der Waals surface area contributed by atoms with Crippen LogP contribution in [0.25, 0.3) is 21.8 Å². The maximum absolute atomic E-state index is 12.6. The fraction of sp³-hybridized carbons (Fsp3) is 0.312. The molecular formula is C32H37N7O8. The molecule has 2 aromatic heterocycles. The van der Waals surface area contributed by atoms with Crippen LogP contribution in [0.15, 0.2) is 68.0 Å². The molecule has 2 unspecified atom stereocenters. The van der Waals surface area contributed by atoms with Gasteiger partial charge in [0.05, 0.1) is 11.0 Å². The molecule has 0 aliphatic rings. The first-order valence-corrected chi connectivity index (χ1v) is 14.8. The van der Waals surface area contributed by atoms with Gasteiger partial charge in [-0.3, -0.25) is 29.1 Å². The van der Waals surface area contributed by atoms with Crippen molar-refractivity contribution in [2.45, 2.75) is 44.4 Å². The van der Waals surface area contributed by atoms with Gasteiger partial charge in [0.2, 0.25) is 36.0 Å². The minimum absolute atomic E-state index is 0.131. The highest BCUT2D eigenvalue weighted by Gasteiger charge is 2.23. The second kappa shape index (κ2) is 17.7. The first kappa shape index (κ1) is 35.8. The van der Waals surface area contributed by atoms with Crippen LogP contribution in [0.1, 0.15) is 31.2 Å². The molecule has 0 aliphatic heterocycles. The zero-order chi connectivity index (χ0) is 34.3. The van der Waals surface area contributed by atoms with Gasteiger partial charge < -0.3 is 36.4 Å². The van der Waals surface area contributed by atoms with E-state index in [1.165, 1.54) is 0 Å². The number of hydrogen-bond acceptors (Lipinski definition) is 9. The Hall–Kier alpha value is -5.70. The molecular weight excluding hydrogens is 610 g/mol. The number of nitrogens with zero attached hydrogens (tertiary/aromatic N) is 3. The molecule has 2 heterocycles. The van der Waals surface area contributed by atoms with Gasteiger partial charge in [-0.25, -0.2) is 9.59 Å². The fourth-order valence-electron chi connectivity index (χ4n) is 4.72. The Morgan fingerprint density at radius 3 is 1.85 bits per heavy atom. The molecule has 0 radical (unpaired) electrons. The number of benzene rings is 1. The minimum Gasteiger partial charge on any atom is -0.478 e. The summed E-state index contributed by atoms with van der Waals surface area (Å²) in [5.74, 6) is -5.80. The number of pyridine rings is 2. The Balaban J connectivity index is 1.63. The molecule has 0 spiro atoms. The monoisotopic (exact) mass is 647 g/mol. The van der Waals surface area contributed by atoms with Crippen LogP contribution in [0, 0.1) is 0 Å². The van der Waals surface area contributed by atoms with Crippen LogP contribution < -0.4 is 21.3 Å². The Morgan fingerprint density at radius 1 is 0.723 bits per heavy atom. The van der Waals surface area contributed by atoms with Crippen molar-refractivity contribution in [1.82, 2.24) is 36.1 Å². The van der Waals surface area contributed by atoms with Crippen molar-refractivity contribution in [3.63, 3.8) is 0 Å². The predicted octanol–water partition coefficient (Wildman–Crippen LogP) is 0.846. The van der Waals surface area contributed by atoms with E-state index in [0.717, 1.165) is 52.4 Å². The van der Waals surface area contributed by atoms with E-state index in [1.54, 1.807) is 12.4 Å². The second-order valence-corrected chi connectivity index (χ2v) is 10.4. The number of fused-ring (bicyclic) bond motifs is 3. The summed E-state index contributed by atoms with van der Waals surface area (Å²) in [6, 6.07) is 9.83. The highest BCUT2D eigenvalue weighted by atomic mass is 16.4. The number of carbonyl (C=O) groups excluding carboxylic acids is 4. The number of amides is 4. The van der Waals surface area contributed by atoms with Gasteiger partial charge in [-0.15, -0.1) is 0 Å². The van der Waals surface area contributed by atoms with Crippen molar-refractivity contribution in [2.24, 2.45) is 0 Å². The van der Waals surface area contributed by atoms with Gasteiger partial charge in [-0.2, -0.15) is 0 Å². The molecule has 0 saturated carbocycles. The Kier molecular flexibility index (Phi) is 13.5. The van der Waals surface area contributed by atoms with Crippen LogP contribution in [0.4, 0.5) is 0 Å². The highest BCUT2D eigenvalue weighted by molar-refractivity contribution is 6.03. The van der Waals surface area contributed by atoms with Crippen LogP contribution in [-0.2, 0) is 35.2 Å². The van der Waals surface area contributed by atoms with Gasteiger partial charge in [0.15, 0.2) is 0 Å². The van der Waals surface area contributed by atoms with Crippen LogP contribution in [0.5, 0.6) is 0 Å². The number of rotatable bonds is 19. The molecule has 1 aromatic carbocycles. The molecule has 4 amide bonds. The predicted molar refractivity (Wildman–Crippen MR) is 171 cm³/mol. The number of aliphatic carboxylic acids is 2. The average molecular weight is 648 g/mol. The summed E-state index contributed by atoms with van der Waals surface area (Å²) >= 11 is 0. The number of nitrogens with one attached hydrogen (secondary N) is 4. The van der Waals surface area contributed by atoms with E-state index < -0.39 is 47.9 Å². The molecule has 248 valence electrons. The molecule has 0 saturated heterocycles. The van der Waals surface area contributed by atoms with Crippen molar-refractivity contribution in [3.8, 4) is 0 Å². The van der Waals surface area contributed by atoms with Crippen molar-refractivity contribution >= 4 is 57.4 Å². The lowest BCUT2D eigenvalue weighted by Gasteiger charge is -2.23. The number of carboxylic acid groups (broad SMARTS) is 2. The lowest BCUT2D eigenvalue weighted by Crippen LogP contribution is -2.53. The van der Waals surface area contributed by atoms with Gasteiger partial charge in [0.25, 0.3) is 0 Å². The lowest BCUT2D eigenvalue weighted by molar-refractivity contribution is -0.144. The molecule has 15 nitrogen and oxygen atoms in total. The third kappa shape index (κ3) is 11.0. The molecule has 0 aliphatic carbocycles. The topological polar surface area (TPSA) is 220 Å². The maximum Gasteiger partial charge on any atom is 0.347 e. The van der Waals surface area contributed by atoms with Gasteiger partial charge in [0.1, 0.15) is 0 Å². The van der Waals surface area contributed by atoms with Gasteiger partial charge in [-0.1, -0.05) is 31.4 Å². The molecule has 6 N–H and O–H groups in total. The van der Waals surface area contributed by atoms with Gasteiger partial charge in [0, 0.05) is 49.1 Å². The largest absolute Gasteiger partial charge is 0.478 e. The smallest absolute Gasteiger partial charge is 0.347 e. The van der Waals surface area contributed by atoms with Gasteiger partial charge in [-0.05, 0) is 55.7 Å². The summed E-state index contributed by atoms with van der Waals surface area (Å²) in [6.45, 7) is 7.23. The van der Waals surface area contributed by atoms with Crippen LogP contribution in [0.2, 0.25) is 0 Å². The Labute approximate surface area is 270 Å². The van der Waals surface area contributed by atoms with E-state index in [2.05, 4.69) is 44.4 Å². The van der Waals surface area contributed by atoms with Gasteiger partial charge >= 0.3 is 11.9 Å². The normalized spacial score (nSPS) is 12.1. The Morgan fingerprint density at radius 2 is 1.30 bits per heavy atom. The van der Waals surface area contributed by atoms with Crippen molar-refractivity contribution in [3.05, 3.63) is 73.6 Å². The standard InChI is InChI=1S/C32H37N7O8/c1-3-23(40)35-29(31(44)45)37-25(42)13-18-39(19-14-26(43)38-30(32(46)47)36-24(41)4-2)17-6-5-8-20-12-16-34-28-22(20)11-10-21-9-7-15-33-27(21)28/h3-4,7,9-12,15-16,29-30H,1-2,5-6,8,13-14,17-19H2,(H,35,40)(H,36,41)(H,37,42)(H,38,43)(H,44,45)(H,46,47). The number of carbonyl (C=O) groups is 6. The highest BCUT2D eigenvalue weighted by Crippen LogP contribution is 2.25. The molecule has 0 fully saturated rings. The summed E-state index contributed by atoms with van der Waals surface area (Å²) in [5, 5.41) is 29.3. The Bertz CT molecular complexity index is 1600. The van der Waals surface area contributed by atoms with Crippen molar-refractivity contribution in [1.29, 1.82) is 0 Å². The maximum atomic E-state index is 12.6. The third-order valence-electron chi connectivity index (χ3n) is 7.10.